The highest BCUT2D eigenvalue weighted by Gasteiger charge is 2.66. The Morgan fingerprint density at radius 1 is 0.754 bits per heavy atom. The number of aromatic nitrogens is 4. The first-order valence-corrected chi connectivity index (χ1v) is 26.3. The van der Waals surface area contributed by atoms with Gasteiger partial charge in [-0.2, -0.15) is 19.6 Å². The molecule has 2 aromatic heterocycles. The van der Waals surface area contributed by atoms with Gasteiger partial charge in [-0.3, -0.25) is 19.2 Å². The molecule has 0 saturated carbocycles. The van der Waals surface area contributed by atoms with E-state index in [0.717, 1.165) is 27.4 Å². The lowest BCUT2D eigenvalue weighted by molar-refractivity contribution is -0.150. The normalized spacial score (nSPS) is 18.8. The first-order chi connectivity index (χ1) is 33.4. The van der Waals surface area contributed by atoms with Crippen molar-refractivity contribution in [2.24, 2.45) is 5.92 Å². The van der Waals surface area contributed by atoms with Crippen LogP contribution >= 0.6 is 0 Å². The molecule has 4 atom stereocenters. The number of rotatable bonds is 13. The highest BCUT2D eigenvalue weighted by atomic mass is 28.3. The third-order valence-electron chi connectivity index (χ3n) is 14.3. The zero-order chi connectivity index (χ0) is 48.0. The van der Waals surface area contributed by atoms with Gasteiger partial charge in [0, 0.05) is 35.3 Å². The van der Waals surface area contributed by atoms with Crippen molar-refractivity contribution < 1.29 is 24.2 Å². The van der Waals surface area contributed by atoms with Crippen LogP contribution in [0.2, 0.25) is 18.6 Å². The van der Waals surface area contributed by atoms with E-state index in [9.17, 15) is 19.5 Å². The molecule has 2 aliphatic rings. The Labute approximate surface area is 399 Å². The number of methoxy groups -OCH3 is 1. The van der Waals surface area contributed by atoms with E-state index in [1.165, 1.54) is 9.36 Å². The molecule has 13 nitrogen and oxygen atoms in total. The van der Waals surface area contributed by atoms with E-state index >= 15 is 4.79 Å². The summed E-state index contributed by atoms with van der Waals surface area (Å²) >= 11 is 0. The molecule has 0 radical (unpaired) electrons. The van der Waals surface area contributed by atoms with Crippen molar-refractivity contribution in [2.75, 3.05) is 25.2 Å². The largest absolute Gasteiger partial charge is 0.497 e. The molecule has 0 aliphatic carbocycles. The summed E-state index contributed by atoms with van der Waals surface area (Å²) in [5.41, 5.74) is 1.55. The zero-order valence-electron chi connectivity index (χ0n) is 38.9. The van der Waals surface area contributed by atoms with Gasteiger partial charge in [-0.05, 0) is 71.3 Å². The molecule has 8 aromatic rings. The van der Waals surface area contributed by atoms with Gasteiger partial charge in [0.05, 0.1) is 81.1 Å². The van der Waals surface area contributed by atoms with Gasteiger partial charge < -0.3 is 24.4 Å². The average Bonchev–Trinajstić information content (AvgIpc) is 3.80. The third kappa shape index (κ3) is 7.93. The lowest BCUT2D eigenvalue weighted by Crippen LogP contribution is -2.52. The van der Waals surface area contributed by atoms with Gasteiger partial charge in [0.2, 0.25) is 5.91 Å². The number of fused-ring (bicyclic) bond motifs is 4. The number of ether oxygens (including phenoxy) is 2. The molecule has 6 aromatic carbocycles. The van der Waals surface area contributed by atoms with Crippen LogP contribution in [0.3, 0.4) is 0 Å². The summed E-state index contributed by atoms with van der Waals surface area (Å²) in [4.78, 5) is 61.6. The van der Waals surface area contributed by atoms with Crippen LogP contribution in [0, 0.1) is 5.92 Å². The van der Waals surface area contributed by atoms with Crippen LogP contribution in [0.5, 0.6) is 5.75 Å². The summed E-state index contributed by atoms with van der Waals surface area (Å²) < 4.78 is 15.7. The number of hydrogen-bond donors (Lipinski definition) is 1. The van der Waals surface area contributed by atoms with Gasteiger partial charge >= 0.3 is 0 Å². The topological polar surface area (TPSA) is 149 Å². The summed E-state index contributed by atoms with van der Waals surface area (Å²) in [6, 6.07) is 45.2. The fourth-order valence-electron chi connectivity index (χ4n) is 10.8. The summed E-state index contributed by atoms with van der Waals surface area (Å²) in [7, 11) is -1.06. The number of aliphatic hydroxyl groups is 1. The van der Waals surface area contributed by atoms with E-state index in [2.05, 4.69) is 42.3 Å². The standard InChI is InChI=1S/C55H52N6O7Si/c1-36-51(69(3,4)44-25-23-43(67-2)24-26-44)49(31-50(63)58(28-29-62)34-37-12-6-5-7-13-37)68-55(36)47-30-42(61-53(65)46-17-11-9-15-40(46)33-57-61)22-27-48(47)59(54(55)66)35-38-18-20-41(21-19-38)60-52(64)45-16-10-8-14-39(45)32-56-60/h5-27,30,32-33,36,49,51,62H,28-29,31,34-35H2,1-4H3/t36-,49+,51-,55+/m0/s1. The van der Waals surface area contributed by atoms with Gasteiger partial charge in [0.15, 0.2) is 5.60 Å². The van der Waals surface area contributed by atoms with Gasteiger partial charge in [-0.1, -0.05) is 116 Å². The third-order valence-corrected chi connectivity index (χ3v) is 18.7. The van der Waals surface area contributed by atoms with Crippen molar-refractivity contribution in [1.29, 1.82) is 0 Å². The Kier molecular flexibility index (Phi) is 11.9. The van der Waals surface area contributed by atoms with Gasteiger partial charge in [0.25, 0.3) is 17.0 Å². The van der Waals surface area contributed by atoms with Crippen molar-refractivity contribution in [3.63, 3.8) is 0 Å². The maximum atomic E-state index is 15.9. The summed E-state index contributed by atoms with van der Waals surface area (Å²) in [5.74, 6) is -0.235. The number of anilines is 1. The lowest BCUT2D eigenvalue weighted by Gasteiger charge is -2.37. The fraction of sp³-hybridized carbons (Fsp3) is 0.236. The Morgan fingerprint density at radius 3 is 1.97 bits per heavy atom. The molecule has 1 N–H and O–H groups in total. The molecule has 1 fully saturated rings. The number of aliphatic hydroxyl groups excluding tert-OH is 1. The molecule has 348 valence electrons. The van der Waals surface area contributed by atoms with Crippen LogP contribution in [-0.4, -0.2) is 75.8 Å². The predicted molar refractivity (Wildman–Crippen MR) is 269 cm³/mol. The van der Waals surface area contributed by atoms with Crippen molar-refractivity contribution in [3.05, 3.63) is 195 Å². The van der Waals surface area contributed by atoms with Crippen LogP contribution in [0.4, 0.5) is 5.69 Å². The number of amides is 2. The van der Waals surface area contributed by atoms with E-state index in [-0.39, 0.29) is 54.6 Å². The van der Waals surface area contributed by atoms with Gasteiger partial charge in [-0.15, -0.1) is 0 Å². The Bertz CT molecular complexity index is 3360. The molecule has 2 amide bonds. The van der Waals surface area contributed by atoms with E-state index in [1.807, 2.05) is 115 Å². The van der Waals surface area contributed by atoms with Crippen LogP contribution in [0.1, 0.15) is 30.0 Å². The first kappa shape index (κ1) is 45.3. The zero-order valence-corrected chi connectivity index (χ0v) is 39.9. The maximum Gasteiger partial charge on any atom is 0.279 e. The minimum atomic E-state index is -2.69. The molecule has 10 rings (SSSR count). The monoisotopic (exact) mass is 936 g/mol. The highest BCUT2D eigenvalue weighted by Crippen LogP contribution is 2.60. The molecule has 0 bridgehead atoms. The maximum absolute atomic E-state index is 15.9. The summed E-state index contributed by atoms with van der Waals surface area (Å²) in [6.07, 6.45) is 2.57. The smallest absolute Gasteiger partial charge is 0.279 e. The van der Waals surface area contributed by atoms with E-state index < -0.39 is 25.7 Å². The molecule has 2 aliphatic heterocycles. The Hall–Kier alpha value is -7.52. The first-order valence-electron chi connectivity index (χ1n) is 23.2. The molecule has 14 heteroatoms. The number of benzene rings is 6. The van der Waals surface area contributed by atoms with Crippen molar-refractivity contribution in [3.8, 4) is 17.1 Å². The van der Waals surface area contributed by atoms with E-state index in [0.29, 0.717) is 45.3 Å². The molecule has 0 unspecified atom stereocenters. The van der Waals surface area contributed by atoms with E-state index in [4.69, 9.17) is 9.47 Å². The SMILES string of the molecule is COc1ccc([Si](C)(C)[C@@H]2[C@@H](CC(=O)N(CCO)Cc3ccccc3)O[C@]3(C(=O)N(Cc4ccc(-n5ncc6ccccc6c5=O)cc4)c4ccc(-n5ncc6ccccc6c5=O)cc43)[C@H]2C)cc1. The van der Waals surface area contributed by atoms with Crippen molar-refractivity contribution >= 4 is 52.3 Å². The molecule has 69 heavy (non-hydrogen) atoms. The Morgan fingerprint density at radius 2 is 1.35 bits per heavy atom. The van der Waals surface area contributed by atoms with Crippen molar-refractivity contribution in [1.82, 2.24) is 24.5 Å². The number of nitrogens with zero attached hydrogens (tertiary/aromatic N) is 6. The highest BCUT2D eigenvalue weighted by molar-refractivity contribution is 6.91. The van der Waals surface area contributed by atoms with Crippen molar-refractivity contribution in [2.45, 2.75) is 56.8 Å². The number of hydrogen-bond acceptors (Lipinski definition) is 9. The second-order valence-corrected chi connectivity index (χ2v) is 23.2. The molecule has 4 heterocycles. The van der Waals surface area contributed by atoms with Crippen LogP contribution in [-0.2, 0) is 33.0 Å². The van der Waals surface area contributed by atoms with Crippen LogP contribution in [0.15, 0.2) is 168 Å². The minimum absolute atomic E-state index is 0.0339. The van der Waals surface area contributed by atoms with E-state index in [1.54, 1.807) is 47.5 Å². The molecular weight excluding hydrogens is 885 g/mol. The lowest BCUT2D eigenvalue weighted by atomic mass is 9.82. The average molecular weight is 937 g/mol. The van der Waals surface area contributed by atoms with Crippen LogP contribution < -0.4 is 25.9 Å². The predicted octanol–water partition coefficient (Wildman–Crippen LogP) is 7.27. The molecule has 1 spiro atoms. The number of carbonyl (C=O) groups excluding carboxylic acids is 2. The van der Waals surface area contributed by atoms with Gasteiger partial charge in [-0.25, -0.2) is 0 Å². The van der Waals surface area contributed by atoms with Gasteiger partial charge in [0.1, 0.15) is 5.75 Å². The molecule has 1 saturated heterocycles. The minimum Gasteiger partial charge on any atom is -0.497 e. The second kappa shape index (κ2) is 18.2. The number of carbonyl (C=O) groups is 2. The summed E-state index contributed by atoms with van der Waals surface area (Å²) in [6.45, 7) is 6.94. The van der Waals surface area contributed by atoms with Crippen LogP contribution in [0.25, 0.3) is 32.9 Å². The molecular formula is C55H52N6O7Si. The Balaban J connectivity index is 1.08. The second-order valence-electron chi connectivity index (χ2n) is 18.5. The summed E-state index contributed by atoms with van der Waals surface area (Å²) in [5, 5.41) is 22.9. The fourth-order valence-corrected chi connectivity index (χ4v) is 14.8. The quantitative estimate of drug-likeness (QED) is 0.118.